The van der Waals surface area contributed by atoms with Crippen molar-refractivity contribution in [2.24, 2.45) is 0 Å². The molecule has 0 saturated carbocycles. The Morgan fingerprint density at radius 3 is 2.93 bits per heavy atom. The molecule has 0 saturated heterocycles. The Labute approximate surface area is 93.3 Å². The standard InChI is InChI=1S/C10H15NO3S/c1-11(2)4-6-15-7-9-8(10(12)13)3-5-14-9/h3,5H,4,6-7H2,1-2H3,(H,12,13). The van der Waals surface area contributed by atoms with Crippen LogP contribution in [0.4, 0.5) is 0 Å². The lowest BCUT2D eigenvalue weighted by molar-refractivity contribution is 0.0695. The molecule has 0 aliphatic rings. The van der Waals surface area contributed by atoms with E-state index in [2.05, 4.69) is 4.90 Å². The van der Waals surface area contributed by atoms with Crippen LogP contribution in [-0.2, 0) is 5.75 Å². The number of furan rings is 1. The molecule has 5 heteroatoms. The van der Waals surface area contributed by atoms with Crippen LogP contribution >= 0.6 is 11.8 Å². The van der Waals surface area contributed by atoms with Crippen LogP contribution in [0.3, 0.4) is 0 Å². The van der Waals surface area contributed by atoms with E-state index < -0.39 is 5.97 Å². The first-order valence-corrected chi connectivity index (χ1v) is 5.79. The molecule has 0 spiro atoms. The normalized spacial score (nSPS) is 10.9. The van der Waals surface area contributed by atoms with E-state index >= 15 is 0 Å². The van der Waals surface area contributed by atoms with Gasteiger partial charge in [0.1, 0.15) is 11.3 Å². The van der Waals surface area contributed by atoms with Crippen LogP contribution in [0.2, 0.25) is 0 Å². The number of carboxylic acid groups (broad SMARTS) is 1. The maximum Gasteiger partial charge on any atom is 0.339 e. The third-order valence-electron chi connectivity index (χ3n) is 1.89. The van der Waals surface area contributed by atoms with Gasteiger partial charge in [-0.1, -0.05) is 0 Å². The second kappa shape index (κ2) is 5.82. The summed E-state index contributed by atoms with van der Waals surface area (Å²) in [6.07, 6.45) is 1.42. The molecule has 0 aromatic carbocycles. The minimum absolute atomic E-state index is 0.271. The van der Waals surface area contributed by atoms with Gasteiger partial charge in [0, 0.05) is 12.3 Å². The van der Waals surface area contributed by atoms with Crippen LogP contribution in [-0.4, -0.2) is 42.4 Å². The van der Waals surface area contributed by atoms with E-state index in [0.29, 0.717) is 11.5 Å². The zero-order valence-corrected chi connectivity index (χ0v) is 9.71. The molecule has 0 aliphatic heterocycles. The number of hydrogen-bond acceptors (Lipinski definition) is 4. The highest BCUT2D eigenvalue weighted by Gasteiger charge is 2.12. The van der Waals surface area contributed by atoms with E-state index in [-0.39, 0.29) is 5.56 Å². The van der Waals surface area contributed by atoms with Crippen LogP contribution in [0.1, 0.15) is 16.1 Å². The molecule has 0 fully saturated rings. The lowest BCUT2D eigenvalue weighted by atomic mass is 10.3. The third kappa shape index (κ3) is 3.97. The maximum absolute atomic E-state index is 10.7. The Hall–Kier alpha value is -0.940. The van der Waals surface area contributed by atoms with Gasteiger partial charge in [-0.15, -0.1) is 0 Å². The summed E-state index contributed by atoms with van der Waals surface area (Å²) in [5, 5.41) is 8.82. The van der Waals surface area contributed by atoms with Gasteiger partial charge in [-0.2, -0.15) is 11.8 Å². The lowest BCUT2D eigenvalue weighted by Gasteiger charge is -2.07. The first-order chi connectivity index (χ1) is 7.11. The molecule has 0 atom stereocenters. The monoisotopic (exact) mass is 229 g/mol. The Morgan fingerprint density at radius 2 is 2.33 bits per heavy atom. The minimum Gasteiger partial charge on any atom is -0.478 e. The number of hydrogen-bond donors (Lipinski definition) is 1. The van der Waals surface area contributed by atoms with E-state index in [0.717, 1.165) is 12.3 Å². The molecule has 0 bridgehead atoms. The van der Waals surface area contributed by atoms with Crippen molar-refractivity contribution in [3.05, 3.63) is 23.7 Å². The molecule has 0 radical (unpaired) electrons. The fourth-order valence-corrected chi connectivity index (χ4v) is 2.10. The highest BCUT2D eigenvalue weighted by atomic mass is 32.2. The van der Waals surface area contributed by atoms with Gasteiger partial charge in [-0.25, -0.2) is 4.79 Å². The Kier molecular flexibility index (Phi) is 4.71. The fraction of sp³-hybridized carbons (Fsp3) is 0.500. The predicted molar refractivity (Wildman–Crippen MR) is 60.4 cm³/mol. The summed E-state index contributed by atoms with van der Waals surface area (Å²) in [7, 11) is 4.02. The van der Waals surface area contributed by atoms with E-state index in [1.54, 1.807) is 11.8 Å². The van der Waals surface area contributed by atoms with E-state index in [9.17, 15) is 4.79 Å². The minimum atomic E-state index is -0.924. The Morgan fingerprint density at radius 1 is 1.60 bits per heavy atom. The van der Waals surface area contributed by atoms with E-state index in [1.807, 2.05) is 14.1 Å². The summed E-state index contributed by atoms with van der Waals surface area (Å²) in [4.78, 5) is 12.8. The van der Waals surface area contributed by atoms with Crippen LogP contribution in [0, 0.1) is 0 Å². The number of carboxylic acids is 1. The highest BCUT2D eigenvalue weighted by Crippen LogP contribution is 2.17. The zero-order valence-electron chi connectivity index (χ0n) is 8.90. The van der Waals surface area contributed by atoms with Crippen LogP contribution < -0.4 is 0 Å². The van der Waals surface area contributed by atoms with Crippen molar-refractivity contribution in [1.82, 2.24) is 4.90 Å². The summed E-state index contributed by atoms with van der Waals surface area (Å²) in [5.74, 6) is 1.20. The van der Waals surface area contributed by atoms with Gasteiger partial charge in [0.25, 0.3) is 0 Å². The molecule has 1 aromatic rings. The highest BCUT2D eigenvalue weighted by molar-refractivity contribution is 7.98. The molecule has 4 nitrogen and oxygen atoms in total. The zero-order chi connectivity index (χ0) is 11.3. The van der Waals surface area contributed by atoms with Gasteiger partial charge >= 0.3 is 5.97 Å². The van der Waals surface area contributed by atoms with Crippen molar-refractivity contribution >= 4 is 17.7 Å². The molecular formula is C10H15NO3S. The average molecular weight is 229 g/mol. The van der Waals surface area contributed by atoms with Crippen molar-refractivity contribution in [3.63, 3.8) is 0 Å². The summed E-state index contributed by atoms with van der Waals surface area (Å²) >= 11 is 1.67. The molecule has 1 N–H and O–H groups in total. The van der Waals surface area contributed by atoms with E-state index in [4.69, 9.17) is 9.52 Å². The summed E-state index contributed by atoms with van der Waals surface area (Å²) in [6.45, 7) is 0.980. The number of nitrogens with zero attached hydrogens (tertiary/aromatic N) is 1. The number of rotatable bonds is 6. The maximum atomic E-state index is 10.7. The van der Waals surface area contributed by atoms with Gasteiger partial charge in [0.15, 0.2) is 0 Å². The third-order valence-corrected chi connectivity index (χ3v) is 2.83. The van der Waals surface area contributed by atoms with Crippen LogP contribution in [0.15, 0.2) is 16.7 Å². The topological polar surface area (TPSA) is 53.7 Å². The van der Waals surface area contributed by atoms with Crippen molar-refractivity contribution in [2.75, 3.05) is 26.4 Å². The molecule has 15 heavy (non-hydrogen) atoms. The van der Waals surface area contributed by atoms with Gasteiger partial charge in [0.05, 0.1) is 12.0 Å². The first kappa shape index (κ1) is 12.1. The largest absolute Gasteiger partial charge is 0.478 e. The number of carbonyl (C=O) groups is 1. The summed E-state index contributed by atoms with van der Waals surface area (Å²) < 4.78 is 5.12. The molecule has 1 heterocycles. The van der Waals surface area contributed by atoms with Crippen molar-refractivity contribution in [2.45, 2.75) is 5.75 Å². The molecule has 84 valence electrons. The molecule has 0 aliphatic carbocycles. The number of aromatic carboxylic acids is 1. The van der Waals surface area contributed by atoms with Crippen molar-refractivity contribution in [1.29, 1.82) is 0 Å². The Bertz CT molecular complexity index is 322. The molecule has 0 unspecified atom stereocenters. The second-order valence-electron chi connectivity index (χ2n) is 3.42. The van der Waals surface area contributed by atoms with Crippen molar-refractivity contribution < 1.29 is 14.3 Å². The SMILES string of the molecule is CN(C)CCSCc1occc1C(=O)O. The van der Waals surface area contributed by atoms with Crippen molar-refractivity contribution in [3.8, 4) is 0 Å². The summed E-state index contributed by atoms with van der Waals surface area (Å²) in [6, 6.07) is 1.49. The lowest BCUT2D eigenvalue weighted by Crippen LogP contribution is -2.14. The van der Waals surface area contributed by atoms with Gasteiger partial charge < -0.3 is 14.4 Å². The molecule has 1 rings (SSSR count). The second-order valence-corrected chi connectivity index (χ2v) is 4.52. The fourth-order valence-electron chi connectivity index (χ4n) is 1.05. The quantitative estimate of drug-likeness (QED) is 0.753. The first-order valence-electron chi connectivity index (χ1n) is 4.63. The van der Waals surface area contributed by atoms with Crippen LogP contribution in [0.5, 0.6) is 0 Å². The molecule has 0 amide bonds. The average Bonchev–Trinajstić information content (AvgIpc) is 2.60. The van der Waals surface area contributed by atoms with Gasteiger partial charge in [-0.3, -0.25) is 0 Å². The molecule has 1 aromatic heterocycles. The van der Waals surface area contributed by atoms with Gasteiger partial charge in [0.2, 0.25) is 0 Å². The predicted octanol–water partition coefficient (Wildman–Crippen LogP) is 1.77. The summed E-state index contributed by atoms with van der Waals surface area (Å²) in [5.41, 5.74) is 0.271. The smallest absolute Gasteiger partial charge is 0.339 e. The molecular weight excluding hydrogens is 214 g/mol. The van der Waals surface area contributed by atoms with E-state index in [1.165, 1.54) is 12.3 Å². The Balaban J connectivity index is 2.37. The van der Waals surface area contributed by atoms with Crippen LogP contribution in [0.25, 0.3) is 0 Å². The number of thioether (sulfide) groups is 1. The van der Waals surface area contributed by atoms with Gasteiger partial charge in [-0.05, 0) is 20.2 Å².